The van der Waals surface area contributed by atoms with Crippen LogP contribution in [0.2, 0.25) is 5.02 Å². The number of piperazine rings is 1. The maximum Gasteiger partial charge on any atom is 0.410 e. The second kappa shape index (κ2) is 15.5. The summed E-state index contributed by atoms with van der Waals surface area (Å²) in [5.74, 6) is 2.05. The van der Waals surface area contributed by atoms with Crippen LogP contribution < -0.4 is 5.32 Å². The molecule has 0 aliphatic carbocycles. The van der Waals surface area contributed by atoms with Gasteiger partial charge in [0.1, 0.15) is 22.5 Å². The molecule has 0 spiro atoms. The van der Waals surface area contributed by atoms with Gasteiger partial charge in [-0.1, -0.05) is 23.7 Å². The standard InChI is InChI=1S/C37H51ClN8O3S/c1-24-25(2)50-35-32(24)33(28-8-10-29(38)11-9-28)40-30(34-42-41-26(3)46(34)35)22-31(47)39-14-7-15-43-18-20-44(21-19-43)23-27-12-16-45(17-13-27)36(48)49-37(4,5)6/h8-11,27,30H,7,12-23H2,1-6H3,(H,39,47)/t30-/m0/s1. The SMILES string of the molecule is Cc1sc2c(c1C)C(c1ccc(Cl)cc1)=N[C@@H](CC(=O)NCCCN1CCN(CC3CCN(C(=O)OC(C)(C)C)CC3)CC1)c1nnc(C)n1-2. The molecule has 2 fully saturated rings. The lowest BCUT2D eigenvalue weighted by Crippen LogP contribution is -2.49. The molecule has 5 heterocycles. The molecule has 2 amide bonds. The highest BCUT2D eigenvalue weighted by molar-refractivity contribution is 7.15. The molecule has 1 atom stereocenters. The van der Waals surface area contributed by atoms with E-state index in [1.54, 1.807) is 11.3 Å². The van der Waals surface area contributed by atoms with Crippen molar-refractivity contribution in [2.24, 2.45) is 10.9 Å². The van der Waals surface area contributed by atoms with E-state index in [9.17, 15) is 9.59 Å². The molecule has 0 saturated carbocycles. The Balaban J connectivity index is 0.977. The Morgan fingerprint density at radius 3 is 2.34 bits per heavy atom. The Morgan fingerprint density at radius 2 is 1.66 bits per heavy atom. The third kappa shape index (κ3) is 8.58. The van der Waals surface area contributed by atoms with Gasteiger partial charge in [-0.05, 0) is 91.0 Å². The van der Waals surface area contributed by atoms with Crippen LogP contribution in [0.3, 0.4) is 0 Å². The number of nitrogens with zero attached hydrogens (tertiary/aromatic N) is 7. The predicted octanol–water partition coefficient (Wildman–Crippen LogP) is 5.96. The lowest BCUT2D eigenvalue weighted by atomic mass is 9.96. The van der Waals surface area contributed by atoms with E-state index in [4.69, 9.17) is 21.3 Å². The Bertz CT molecular complexity index is 1700. The lowest BCUT2D eigenvalue weighted by Gasteiger charge is -2.39. The maximum atomic E-state index is 13.4. The molecular formula is C37H51ClN8O3S. The molecule has 1 N–H and O–H groups in total. The first kappa shape index (κ1) is 36.5. The Hall–Kier alpha value is -3.32. The maximum absolute atomic E-state index is 13.4. The summed E-state index contributed by atoms with van der Waals surface area (Å²) in [5.41, 5.74) is 3.59. The van der Waals surface area contributed by atoms with Crippen molar-refractivity contribution in [3.05, 3.63) is 62.5 Å². The van der Waals surface area contributed by atoms with Crippen LogP contribution in [-0.2, 0) is 9.53 Å². The first-order valence-corrected chi connectivity index (χ1v) is 19.1. The number of amides is 2. The summed E-state index contributed by atoms with van der Waals surface area (Å²) in [7, 11) is 0. The Morgan fingerprint density at radius 1 is 0.980 bits per heavy atom. The van der Waals surface area contributed by atoms with Crippen LogP contribution in [0.1, 0.15) is 85.7 Å². The van der Waals surface area contributed by atoms with E-state index in [0.717, 1.165) is 99.3 Å². The Labute approximate surface area is 305 Å². The van der Waals surface area contributed by atoms with E-state index in [2.05, 4.69) is 43.7 Å². The topological polar surface area (TPSA) is 108 Å². The molecule has 0 radical (unpaired) electrons. The third-order valence-corrected chi connectivity index (χ3v) is 11.4. The van der Waals surface area contributed by atoms with Gasteiger partial charge in [0.05, 0.1) is 12.1 Å². The quantitative estimate of drug-likeness (QED) is 0.272. The minimum absolute atomic E-state index is 0.0397. The number of halogens is 1. The van der Waals surface area contributed by atoms with E-state index < -0.39 is 11.6 Å². The molecule has 2 saturated heterocycles. The normalized spacial score (nSPS) is 19.1. The third-order valence-electron chi connectivity index (χ3n) is 9.96. The molecule has 6 rings (SSSR count). The van der Waals surface area contributed by atoms with Crippen molar-refractivity contribution >= 4 is 40.6 Å². The number of aliphatic imine (C=N–C) groups is 1. The zero-order valence-electron chi connectivity index (χ0n) is 30.3. The molecule has 50 heavy (non-hydrogen) atoms. The number of carbonyl (C=O) groups excluding carboxylic acids is 2. The van der Waals surface area contributed by atoms with Gasteiger partial charge in [-0.2, -0.15) is 0 Å². The van der Waals surface area contributed by atoms with Crippen molar-refractivity contribution in [2.75, 3.05) is 58.9 Å². The number of fused-ring (bicyclic) bond motifs is 3. The van der Waals surface area contributed by atoms with Crippen LogP contribution in [0.5, 0.6) is 0 Å². The minimum Gasteiger partial charge on any atom is -0.444 e. The number of rotatable bonds is 9. The molecule has 2 aromatic heterocycles. The van der Waals surface area contributed by atoms with Crippen molar-refractivity contribution in [1.82, 2.24) is 34.8 Å². The summed E-state index contributed by atoms with van der Waals surface area (Å²) < 4.78 is 7.63. The van der Waals surface area contributed by atoms with Gasteiger partial charge < -0.3 is 24.8 Å². The van der Waals surface area contributed by atoms with Crippen molar-refractivity contribution in [3.63, 3.8) is 0 Å². The highest BCUT2D eigenvalue weighted by atomic mass is 35.5. The molecule has 11 nitrogen and oxygen atoms in total. The Kier molecular flexibility index (Phi) is 11.3. The van der Waals surface area contributed by atoms with Crippen LogP contribution in [0.15, 0.2) is 29.3 Å². The summed E-state index contributed by atoms with van der Waals surface area (Å²) in [6.07, 6.45) is 2.95. The summed E-state index contributed by atoms with van der Waals surface area (Å²) in [4.78, 5) is 39.1. The number of ether oxygens (including phenoxy) is 1. The predicted molar refractivity (Wildman–Crippen MR) is 199 cm³/mol. The van der Waals surface area contributed by atoms with Gasteiger partial charge in [0, 0.05) is 73.4 Å². The van der Waals surface area contributed by atoms with Crippen LogP contribution in [0.4, 0.5) is 4.79 Å². The fourth-order valence-electron chi connectivity index (χ4n) is 7.10. The molecule has 13 heteroatoms. The van der Waals surface area contributed by atoms with Gasteiger partial charge in [0.25, 0.3) is 0 Å². The first-order valence-electron chi connectivity index (χ1n) is 17.9. The van der Waals surface area contributed by atoms with Crippen molar-refractivity contribution in [1.29, 1.82) is 0 Å². The summed E-state index contributed by atoms with van der Waals surface area (Å²) in [6, 6.07) is 7.27. The molecule has 3 aromatic rings. The van der Waals surface area contributed by atoms with E-state index in [1.165, 1.54) is 10.4 Å². The van der Waals surface area contributed by atoms with E-state index in [0.29, 0.717) is 23.3 Å². The summed E-state index contributed by atoms with van der Waals surface area (Å²) in [6.45, 7) is 20.3. The highest BCUT2D eigenvalue weighted by Gasteiger charge is 2.33. The summed E-state index contributed by atoms with van der Waals surface area (Å²) in [5, 5.41) is 13.8. The molecule has 3 aliphatic heterocycles. The average Bonchev–Trinajstić information content (AvgIpc) is 3.55. The molecule has 3 aliphatic rings. The van der Waals surface area contributed by atoms with Crippen molar-refractivity contribution in [3.8, 4) is 5.00 Å². The van der Waals surface area contributed by atoms with Crippen molar-refractivity contribution < 1.29 is 14.3 Å². The van der Waals surface area contributed by atoms with Gasteiger partial charge in [0.15, 0.2) is 5.82 Å². The number of thiophene rings is 1. The highest BCUT2D eigenvalue weighted by Crippen LogP contribution is 2.39. The zero-order chi connectivity index (χ0) is 35.6. The van der Waals surface area contributed by atoms with E-state index >= 15 is 0 Å². The van der Waals surface area contributed by atoms with E-state index in [-0.39, 0.29) is 18.4 Å². The minimum atomic E-state index is -0.473. The molecule has 0 bridgehead atoms. The fourth-order valence-corrected chi connectivity index (χ4v) is 8.44. The van der Waals surface area contributed by atoms with Gasteiger partial charge in [-0.3, -0.25) is 14.4 Å². The van der Waals surface area contributed by atoms with Gasteiger partial charge in [0.2, 0.25) is 5.91 Å². The average molecular weight is 723 g/mol. The zero-order valence-corrected chi connectivity index (χ0v) is 31.9. The lowest BCUT2D eigenvalue weighted by molar-refractivity contribution is -0.121. The monoisotopic (exact) mass is 722 g/mol. The van der Waals surface area contributed by atoms with E-state index in [1.807, 2.05) is 56.9 Å². The first-order chi connectivity index (χ1) is 23.9. The number of nitrogens with one attached hydrogen (secondary N) is 1. The van der Waals surface area contributed by atoms with Gasteiger partial charge in [-0.25, -0.2) is 4.79 Å². The van der Waals surface area contributed by atoms with Gasteiger partial charge >= 0.3 is 6.09 Å². The number of aromatic nitrogens is 3. The van der Waals surface area contributed by atoms with Gasteiger partial charge in [-0.15, -0.1) is 21.5 Å². The van der Waals surface area contributed by atoms with Crippen LogP contribution in [-0.4, -0.2) is 112 Å². The van der Waals surface area contributed by atoms with Crippen LogP contribution >= 0.6 is 22.9 Å². The van der Waals surface area contributed by atoms with Crippen molar-refractivity contribution in [2.45, 2.75) is 78.9 Å². The number of hydrogen-bond donors (Lipinski definition) is 1. The second-order valence-corrected chi connectivity index (χ2v) is 16.5. The second-order valence-electron chi connectivity index (χ2n) is 14.9. The van der Waals surface area contributed by atoms with Crippen LogP contribution in [0.25, 0.3) is 5.00 Å². The summed E-state index contributed by atoms with van der Waals surface area (Å²) >= 11 is 7.94. The molecule has 270 valence electrons. The number of benzene rings is 1. The number of hydrogen-bond acceptors (Lipinski definition) is 9. The number of aryl methyl sites for hydroxylation is 2. The fraction of sp³-hybridized carbons (Fsp3) is 0.595. The smallest absolute Gasteiger partial charge is 0.410 e. The molecule has 1 aromatic carbocycles. The molecule has 0 unspecified atom stereocenters. The van der Waals surface area contributed by atoms with Crippen LogP contribution in [0, 0.1) is 26.7 Å². The largest absolute Gasteiger partial charge is 0.444 e. The number of piperidine rings is 1. The number of carbonyl (C=O) groups is 2. The number of likely N-dealkylation sites (tertiary alicyclic amines) is 1. The molecular weight excluding hydrogens is 672 g/mol.